The summed E-state index contributed by atoms with van der Waals surface area (Å²) < 4.78 is 11.6. The molecule has 0 aromatic rings. The van der Waals surface area contributed by atoms with E-state index >= 15 is 0 Å². The Hall–Kier alpha value is -1.95. The number of fused-ring (bicyclic) bond motifs is 1. The van der Waals surface area contributed by atoms with Crippen LogP contribution in [-0.4, -0.2) is 40.5 Å². The maximum absolute atomic E-state index is 12.9. The molecular formula is C19H22O6. The number of ketones is 2. The number of ether oxygens (including phenoxy) is 2. The van der Waals surface area contributed by atoms with Gasteiger partial charge in [0, 0.05) is 36.2 Å². The molecule has 1 spiro atoms. The molecule has 6 heteroatoms. The fourth-order valence-corrected chi connectivity index (χ4v) is 4.68. The number of aliphatic hydroxyl groups is 1. The Kier molecular flexibility index (Phi) is 3.48. The van der Waals surface area contributed by atoms with Crippen molar-refractivity contribution >= 4 is 17.5 Å². The summed E-state index contributed by atoms with van der Waals surface area (Å²) in [6.45, 7) is 5.44. The lowest BCUT2D eigenvalue weighted by atomic mass is 9.67. The van der Waals surface area contributed by atoms with Crippen LogP contribution < -0.4 is 0 Å². The highest BCUT2D eigenvalue weighted by atomic mass is 16.6. The zero-order valence-corrected chi connectivity index (χ0v) is 14.6. The van der Waals surface area contributed by atoms with Crippen molar-refractivity contribution in [1.29, 1.82) is 0 Å². The summed E-state index contributed by atoms with van der Waals surface area (Å²) in [5, 5.41) is 10.7. The zero-order valence-electron chi connectivity index (χ0n) is 14.6. The number of carbonyl (C=O) groups is 3. The van der Waals surface area contributed by atoms with E-state index in [2.05, 4.69) is 0 Å². The molecule has 6 nitrogen and oxygen atoms in total. The zero-order chi connectivity index (χ0) is 18.1. The van der Waals surface area contributed by atoms with E-state index in [1.165, 1.54) is 0 Å². The number of Topliss-reactive ketones (excluding diaryl/α,β-unsaturated/α-hetero) is 2. The summed E-state index contributed by atoms with van der Waals surface area (Å²) in [4.78, 5) is 37.9. The Morgan fingerprint density at radius 3 is 2.60 bits per heavy atom. The van der Waals surface area contributed by atoms with E-state index < -0.39 is 29.7 Å². The summed E-state index contributed by atoms with van der Waals surface area (Å²) in [7, 11) is 0. The smallest absolute Gasteiger partial charge is 0.346 e. The average Bonchev–Trinajstić information content (AvgIpc) is 2.83. The number of carbonyl (C=O) groups excluding carboxylic acids is 3. The lowest BCUT2D eigenvalue weighted by Crippen LogP contribution is -2.59. The first-order valence-electron chi connectivity index (χ1n) is 8.86. The largest absolute Gasteiger partial charge is 0.486 e. The van der Waals surface area contributed by atoms with Crippen molar-refractivity contribution in [3.8, 4) is 0 Å². The van der Waals surface area contributed by atoms with Gasteiger partial charge in [-0.25, -0.2) is 4.79 Å². The van der Waals surface area contributed by atoms with E-state index in [-0.39, 0.29) is 41.2 Å². The van der Waals surface area contributed by atoms with Crippen LogP contribution in [0.5, 0.6) is 0 Å². The van der Waals surface area contributed by atoms with Gasteiger partial charge in [0.2, 0.25) is 0 Å². The van der Waals surface area contributed by atoms with E-state index in [1.807, 2.05) is 6.92 Å². The summed E-state index contributed by atoms with van der Waals surface area (Å²) in [5.74, 6) is -1.56. The standard InChI is InChI=1S/C19H22O6/c1-8-6-9(2)14(21)13-17-19(25-18(13)23)7-10(3)16(24-17)15(22)11(19)4-5-12(8)20/h4,8-10,15-16,22H,5-7H2,1-3H3. The second kappa shape index (κ2) is 5.27. The van der Waals surface area contributed by atoms with Crippen LogP contribution in [0.3, 0.4) is 0 Å². The van der Waals surface area contributed by atoms with Crippen molar-refractivity contribution in [2.75, 3.05) is 0 Å². The number of aliphatic hydroxyl groups excluding tert-OH is 1. The van der Waals surface area contributed by atoms with Crippen LogP contribution >= 0.6 is 0 Å². The fraction of sp³-hybridized carbons (Fsp3) is 0.632. The monoisotopic (exact) mass is 346 g/mol. The van der Waals surface area contributed by atoms with Crippen LogP contribution in [0.2, 0.25) is 0 Å². The van der Waals surface area contributed by atoms with Crippen LogP contribution in [0.25, 0.3) is 0 Å². The molecule has 3 fully saturated rings. The number of rotatable bonds is 0. The molecule has 0 aromatic heterocycles. The van der Waals surface area contributed by atoms with Crippen LogP contribution in [0.1, 0.15) is 40.0 Å². The second-order valence-corrected chi connectivity index (χ2v) is 7.86. The third kappa shape index (κ3) is 2.09. The number of hydrogen-bond acceptors (Lipinski definition) is 6. The molecule has 1 N–H and O–H groups in total. The third-order valence-electron chi connectivity index (χ3n) is 6.06. The SMILES string of the molecule is CC1CC(C)C(=O)C2=C3OC4C(C)CC3(OC2=O)C(=CCC1=O)C4O. The molecule has 5 rings (SSSR count). The molecule has 25 heavy (non-hydrogen) atoms. The van der Waals surface area contributed by atoms with Gasteiger partial charge >= 0.3 is 5.97 Å². The predicted octanol–water partition coefficient (Wildman–Crippen LogP) is 1.47. The van der Waals surface area contributed by atoms with Gasteiger partial charge in [0.1, 0.15) is 23.6 Å². The summed E-state index contributed by atoms with van der Waals surface area (Å²) in [5.41, 5.74) is -0.782. The fourth-order valence-electron chi connectivity index (χ4n) is 4.68. The van der Waals surface area contributed by atoms with Crippen molar-refractivity contribution in [2.45, 2.75) is 57.8 Å². The van der Waals surface area contributed by atoms with Crippen molar-refractivity contribution in [3.63, 3.8) is 0 Å². The van der Waals surface area contributed by atoms with Crippen LogP contribution in [0.4, 0.5) is 0 Å². The Bertz CT molecular complexity index is 747. The van der Waals surface area contributed by atoms with Gasteiger partial charge in [-0.1, -0.05) is 26.8 Å². The maximum Gasteiger partial charge on any atom is 0.346 e. The predicted molar refractivity (Wildman–Crippen MR) is 86.2 cm³/mol. The average molecular weight is 346 g/mol. The Morgan fingerprint density at radius 1 is 1.16 bits per heavy atom. The highest BCUT2D eigenvalue weighted by Crippen LogP contribution is 2.56. The van der Waals surface area contributed by atoms with Crippen molar-refractivity contribution in [1.82, 2.24) is 0 Å². The molecule has 0 radical (unpaired) electrons. The van der Waals surface area contributed by atoms with Crippen LogP contribution in [0.15, 0.2) is 23.0 Å². The molecule has 2 saturated heterocycles. The van der Waals surface area contributed by atoms with Gasteiger partial charge in [0.15, 0.2) is 17.1 Å². The first-order chi connectivity index (χ1) is 11.8. The molecule has 134 valence electrons. The molecule has 5 aliphatic rings. The van der Waals surface area contributed by atoms with E-state index in [0.29, 0.717) is 18.4 Å². The summed E-state index contributed by atoms with van der Waals surface area (Å²) in [6.07, 6.45) is 1.18. The van der Waals surface area contributed by atoms with Gasteiger partial charge in [-0.05, 0) is 6.42 Å². The quantitative estimate of drug-likeness (QED) is 0.406. The summed E-state index contributed by atoms with van der Waals surface area (Å²) in [6, 6.07) is 0. The molecule has 3 heterocycles. The van der Waals surface area contributed by atoms with Gasteiger partial charge in [0.05, 0.1) is 0 Å². The van der Waals surface area contributed by atoms with Gasteiger partial charge in [-0.15, -0.1) is 0 Å². The number of allylic oxidation sites excluding steroid dienone is 1. The molecule has 2 aliphatic carbocycles. The minimum absolute atomic E-state index is 0.0156. The van der Waals surface area contributed by atoms with Crippen LogP contribution in [0, 0.1) is 17.8 Å². The maximum atomic E-state index is 12.9. The molecular weight excluding hydrogens is 324 g/mol. The lowest BCUT2D eigenvalue weighted by Gasteiger charge is -2.51. The Morgan fingerprint density at radius 2 is 1.88 bits per heavy atom. The molecule has 6 atom stereocenters. The second-order valence-electron chi connectivity index (χ2n) is 7.86. The van der Waals surface area contributed by atoms with Crippen molar-refractivity contribution in [2.24, 2.45) is 17.8 Å². The lowest BCUT2D eigenvalue weighted by molar-refractivity contribution is -0.174. The minimum atomic E-state index is -1.23. The third-order valence-corrected chi connectivity index (χ3v) is 6.06. The van der Waals surface area contributed by atoms with Crippen molar-refractivity contribution < 1.29 is 29.0 Å². The van der Waals surface area contributed by atoms with Gasteiger partial charge in [0.25, 0.3) is 0 Å². The number of hydrogen-bond donors (Lipinski definition) is 1. The van der Waals surface area contributed by atoms with Crippen LogP contribution in [-0.2, 0) is 23.9 Å². The van der Waals surface area contributed by atoms with E-state index in [4.69, 9.17) is 9.47 Å². The molecule has 6 unspecified atom stereocenters. The molecule has 3 aliphatic heterocycles. The topological polar surface area (TPSA) is 89.9 Å². The van der Waals surface area contributed by atoms with E-state index in [0.717, 1.165) is 0 Å². The van der Waals surface area contributed by atoms with Gasteiger partial charge in [-0.2, -0.15) is 0 Å². The van der Waals surface area contributed by atoms with Gasteiger partial charge < -0.3 is 14.6 Å². The molecule has 0 aromatic carbocycles. The van der Waals surface area contributed by atoms with E-state index in [9.17, 15) is 19.5 Å². The first kappa shape index (κ1) is 16.5. The Balaban J connectivity index is 1.94. The van der Waals surface area contributed by atoms with Gasteiger partial charge in [-0.3, -0.25) is 9.59 Å². The molecule has 5 bridgehead atoms. The van der Waals surface area contributed by atoms with E-state index in [1.54, 1.807) is 19.9 Å². The highest BCUT2D eigenvalue weighted by molar-refractivity contribution is 6.20. The summed E-state index contributed by atoms with van der Waals surface area (Å²) >= 11 is 0. The minimum Gasteiger partial charge on any atom is -0.486 e. The van der Waals surface area contributed by atoms with Crippen molar-refractivity contribution in [3.05, 3.63) is 23.0 Å². The Labute approximate surface area is 145 Å². The first-order valence-corrected chi connectivity index (χ1v) is 8.86. The molecule has 0 amide bonds. The normalized spacial score (nSPS) is 43.4. The molecule has 1 saturated carbocycles. The number of esters is 1. The highest BCUT2D eigenvalue weighted by Gasteiger charge is 2.65.